The second-order valence-electron chi connectivity index (χ2n) is 14.8. The van der Waals surface area contributed by atoms with Gasteiger partial charge in [0.05, 0.1) is 41.3 Å². The number of anilines is 2. The van der Waals surface area contributed by atoms with Crippen LogP contribution in [0.5, 0.6) is 11.5 Å². The van der Waals surface area contributed by atoms with Crippen LogP contribution < -0.4 is 127 Å². The Morgan fingerprint density at radius 1 is 0.838 bits per heavy atom. The van der Waals surface area contributed by atoms with Gasteiger partial charge in [-0.05, 0) is 64.1 Å². The summed E-state index contributed by atoms with van der Waals surface area (Å²) in [6.07, 6.45) is 3.43. The number of nitrogens with one attached hydrogen (secondary N) is 1. The second-order valence-corrected chi connectivity index (χ2v) is 15.9. The summed E-state index contributed by atoms with van der Waals surface area (Å²) >= 11 is 17.5. The van der Waals surface area contributed by atoms with Crippen molar-refractivity contribution in [3.05, 3.63) is 94.0 Å². The first kappa shape index (κ1) is 61.4. The van der Waals surface area contributed by atoms with E-state index in [1.54, 1.807) is 34.1 Å². The minimum atomic E-state index is -0.405. The summed E-state index contributed by atoms with van der Waals surface area (Å²) in [5, 5.41) is 22.3. The van der Waals surface area contributed by atoms with Gasteiger partial charge in [-0.1, -0.05) is 30.6 Å². The first-order valence-corrected chi connectivity index (χ1v) is 21.4. The normalized spacial score (nSPS) is 15.1. The molecule has 0 saturated carbocycles. The molecule has 6 heterocycles. The molecule has 8 rings (SSSR count). The Morgan fingerprint density at radius 2 is 1.32 bits per heavy atom. The van der Waals surface area contributed by atoms with Crippen LogP contribution in [0.3, 0.4) is 0 Å². The van der Waals surface area contributed by atoms with Crippen molar-refractivity contribution in [2.75, 3.05) is 69.2 Å². The van der Waals surface area contributed by atoms with Crippen LogP contribution >= 0.6 is 34.8 Å². The van der Waals surface area contributed by atoms with E-state index in [0.29, 0.717) is 67.8 Å². The van der Waals surface area contributed by atoms with E-state index >= 15 is 0 Å². The van der Waals surface area contributed by atoms with Crippen molar-refractivity contribution >= 4 is 86.5 Å². The molecule has 2 atom stereocenters. The van der Waals surface area contributed by atoms with Gasteiger partial charge in [-0.3, -0.25) is 19.5 Å². The van der Waals surface area contributed by atoms with Crippen molar-refractivity contribution in [2.24, 2.45) is 0 Å². The molecule has 2 amide bonds. The molecule has 0 radical (unpaired) electrons. The van der Waals surface area contributed by atoms with Crippen LogP contribution in [-0.4, -0.2) is 129 Å². The maximum absolute atomic E-state index is 14.5. The van der Waals surface area contributed by atoms with Gasteiger partial charge in [0, 0.05) is 92.3 Å². The number of piperazine rings is 2. The Morgan fingerprint density at radius 3 is 1.78 bits per heavy atom. The average Bonchev–Trinajstić information content (AvgIpc) is 3.84. The molecule has 68 heavy (non-hydrogen) atoms. The zero-order valence-corrected chi connectivity index (χ0v) is 46.9. The third-order valence-electron chi connectivity index (χ3n) is 10.7. The summed E-state index contributed by atoms with van der Waals surface area (Å²) in [6.45, 7) is 10.8. The van der Waals surface area contributed by atoms with Crippen molar-refractivity contribution in [1.29, 1.82) is 0 Å². The number of H-pyrrole nitrogens is 1. The van der Waals surface area contributed by atoms with Crippen LogP contribution in [0, 0.1) is 25.5 Å². The molecule has 4 aromatic heterocycles. The third-order valence-corrected chi connectivity index (χ3v) is 11.5. The van der Waals surface area contributed by atoms with Crippen LogP contribution in [0.1, 0.15) is 34.1 Å². The average molecular weight is 1060 g/mol. The van der Waals surface area contributed by atoms with Crippen molar-refractivity contribution < 1.29 is 147 Å². The molecule has 0 unspecified atom stereocenters. The van der Waals surface area contributed by atoms with Gasteiger partial charge in [0.15, 0.2) is 11.3 Å². The zero-order chi connectivity index (χ0) is 47.4. The van der Waals surface area contributed by atoms with Crippen LogP contribution in [-0.2, 0) is 25.8 Å². The standard InChI is InChI=1S/C21H23ClFN5O2.C14H17Cl2FN2O2.C7H7N3.CH2O3.CH4.2K.H/c1-13-11-26(18-10-19(30-3)16(22)9-17(18)23)7-8-27(13)20(29)12-28-21-15(14(2)25-28)5-4-6-24-21;1-9-8-18(3-4-19(9)14(20)7-15)12-6-13(21-2)10(16)5-11(12)17;1-5-6-3-2-4-8-7(6)10-9-5;2-1-4-3;;;;/h4-6,9-10,13H,7-8,11-12H2,1-3H3;5-6,9H,3-4,7-8H2,1-2H3;2-4H,1H3,(H,8,9,10);1,3H;1H4;;;/q;;;;;2*+1;-1/p-1/t13-;9-;;;;;;/m00....../s1. The van der Waals surface area contributed by atoms with E-state index in [1.807, 2.05) is 66.7 Å². The molecule has 2 saturated heterocycles. The van der Waals surface area contributed by atoms with Crippen molar-refractivity contribution in [2.45, 2.75) is 53.8 Å². The number of hydrogen-bond donors (Lipinski definition) is 1. The zero-order valence-electron chi connectivity index (χ0n) is 39.4. The number of aryl methyl sites for hydroxylation is 2. The molecule has 2 fully saturated rings. The van der Waals surface area contributed by atoms with Gasteiger partial charge in [0.2, 0.25) is 11.8 Å². The third kappa shape index (κ3) is 15.6. The summed E-state index contributed by atoms with van der Waals surface area (Å²) in [7, 11) is 2.99. The Bertz CT molecular complexity index is 2610. The number of alkyl halides is 1. The fraction of sp³-hybridized carbons (Fsp3) is 0.386. The first-order chi connectivity index (χ1) is 31.1. The number of ether oxygens (including phenoxy) is 2. The van der Waals surface area contributed by atoms with E-state index in [1.165, 1.54) is 26.4 Å². The number of aromatic amines is 1. The number of carbonyl (C=O) groups excluding carboxylic acids is 3. The first-order valence-electron chi connectivity index (χ1n) is 20.1. The molecule has 17 nitrogen and oxygen atoms in total. The molecule has 0 aliphatic carbocycles. The van der Waals surface area contributed by atoms with Crippen molar-refractivity contribution in [3.63, 3.8) is 0 Å². The Hall–Kier alpha value is -2.75. The van der Waals surface area contributed by atoms with E-state index in [4.69, 9.17) is 54.3 Å². The maximum Gasteiger partial charge on any atom is 1.00 e. The number of carbonyl (C=O) groups is 3. The smallest absolute Gasteiger partial charge is 1.00 e. The molecular weight excluding hydrogens is 1000 g/mol. The fourth-order valence-corrected chi connectivity index (χ4v) is 8.09. The number of benzene rings is 2. The summed E-state index contributed by atoms with van der Waals surface area (Å²) in [5.74, 6) is -0.118. The number of hydrogen-bond acceptors (Lipinski definition) is 13. The van der Waals surface area contributed by atoms with Crippen LogP contribution in [0.15, 0.2) is 60.9 Å². The van der Waals surface area contributed by atoms with Crippen molar-refractivity contribution in [3.8, 4) is 11.5 Å². The molecule has 1 N–H and O–H groups in total. The number of aromatic nitrogens is 6. The van der Waals surface area contributed by atoms with Gasteiger partial charge in [-0.15, -0.1) is 11.6 Å². The molecule has 2 aliphatic rings. The van der Waals surface area contributed by atoms with E-state index in [-0.39, 0.29) is 164 Å². The van der Waals surface area contributed by atoms with Gasteiger partial charge in [-0.2, -0.15) is 10.2 Å². The van der Waals surface area contributed by atoms with Crippen LogP contribution in [0.4, 0.5) is 20.2 Å². The molecule has 6 aromatic rings. The largest absolute Gasteiger partial charge is 1.00 e. The predicted octanol–water partition coefficient (Wildman–Crippen LogP) is 0.499. The summed E-state index contributed by atoms with van der Waals surface area (Å²) in [5.41, 5.74) is 4.26. The second kappa shape index (κ2) is 29.6. The Balaban J connectivity index is 0.000000530. The molecule has 2 aromatic carbocycles. The predicted molar refractivity (Wildman–Crippen MR) is 249 cm³/mol. The summed E-state index contributed by atoms with van der Waals surface area (Å²) in [4.78, 5) is 51.7. The molecule has 0 spiro atoms. The summed E-state index contributed by atoms with van der Waals surface area (Å²) in [6, 6.07) is 13.3. The number of fused-ring (bicyclic) bond motifs is 2. The van der Waals surface area contributed by atoms with Gasteiger partial charge < -0.3 is 40.6 Å². The molecule has 2 aliphatic heterocycles. The number of rotatable bonds is 8. The summed E-state index contributed by atoms with van der Waals surface area (Å²) < 4.78 is 40.6. The van der Waals surface area contributed by atoms with E-state index in [0.717, 1.165) is 27.8 Å². The van der Waals surface area contributed by atoms with E-state index in [9.17, 15) is 18.4 Å². The van der Waals surface area contributed by atoms with E-state index < -0.39 is 11.6 Å². The van der Waals surface area contributed by atoms with Gasteiger partial charge in [-0.25, -0.2) is 23.4 Å². The number of halogens is 5. The van der Waals surface area contributed by atoms with Crippen molar-refractivity contribution in [1.82, 2.24) is 39.7 Å². The SMILES string of the molecule is C.COc1cc(N2CCN(C(=O)CCl)[C@@H](C)C2)c(F)cc1Cl.COc1cc(N2CCN(C(=O)Cn3nc(C)c4cccnc43)[C@@H](C)C2)c(F)cc1Cl.Cc1[nH]nc2ncccc12.O=CO[O-].[H-].[K+].[K+]. The fourth-order valence-electron chi connectivity index (χ4n) is 7.48. The Labute approximate surface area is 495 Å². The minimum absolute atomic E-state index is 0. The molecule has 0 bridgehead atoms. The number of nitrogens with zero attached hydrogens (tertiary/aromatic N) is 9. The van der Waals surface area contributed by atoms with Crippen LogP contribution in [0.2, 0.25) is 10.0 Å². The number of amides is 2. The minimum Gasteiger partial charge on any atom is -1.00 e. The Kier molecular flexibility index (Phi) is 26.7. The topological polar surface area (TPSA) is 187 Å². The monoisotopic (exact) mass is 1050 g/mol. The van der Waals surface area contributed by atoms with Gasteiger partial charge in [0.1, 0.15) is 35.6 Å². The maximum atomic E-state index is 14.5. The number of pyridine rings is 2. The van der Waals surface area contributed by atoms with Crippen LogP contribution in [0.25, 0.3) is 22.1 Å². The molecule has 358 valence electrons. The van der Waals surface area contributed by atoms with Gasteiger partial charge in [0.25, 0.3) is 6.47 Å². The molecule has 24 heteroatoms. The van der Waals surface area contributed by atoms with E-state index in [2.05, 4.69) is 30.2 Å². The number of methoxy groups -OCH3 is 2. The molecular formula is C44H53Cl3F2K2N10O7. The quantitative estimate of drug-likeness (QED) is 0.0732. The van der Waals surface area contributed by atoms with Gasteiger partial charge >= 0.3 is 103 Å².